The van der Waals surface area contributed by atoms with Crippen LogP contribution in [0.3, 0.4) is 0 Å². The van der Waals surface area contributed by atoms with Crippen molar-refractivity contribution < 1.29 is 4.74 Å². The van der Waals surface area contributed by atoms with Gasteiger partial charge < -0.3 is 15.0 Å². The fourth-order valence-electron chi connectivity index (χ4n) is 1.95. The van der Waals surface area contributed by atoms with Gasteiger partial charge in [0.15, 0.2) is 0 Å². The van der Waals surface area contributed by atoms with Crippen molar-refractivity contribution in [2.24, 2.45) is 7.05 Å². The van der Waals surface area contributed by atoms with Gasteiger partial charge in [-0.3, -0.25) is 0 Å². The first-order valence-corrected chi connectivity index (χ1v) is 6.51. The Kier molecular flexibility index (Phi) is 3.91. The second-order valence-electron chi connectivity index (χ2n) is 4.08. The summed E-state index contributed by atoms with van der Waals surface area (Å²) >= 11 is 3.43. The molecule has 2 aromatic rings. The summed E-state index contributed by atoms with van der Waals surface area (Å²) in [5, 5.41) is 0. The minimum atomic E-state index is 0.525. The lowest BCUT2D eigenvalue weighted by Crippen LogP contribution is -2.03. The monoisotopic (exact) mass is 309 g/mol. The number of para-hydroxylation sites is 1. The molecular weight excluding hydrogens is 294 g/mol. The number of methoxy groups -OCH3 is 1. The minimum absolute atomic E-state index is 0.525. The fraction of sp³-hybridized carbons (Fsp3) is 0.308. The molecule has 0 unspecified atom stereocenters. The highest BCUT2D eigenvalue weighted by Gasteiger charge is 2.11. The molecule has 1 aromatic heterocycles. The van der Waals surface area contributed by atoms with E-state index in [-0.39, 0.29) is 0 Å². The van der Waals surface area contributed by atoms with Crippen LogP contribution in [0.5, 0.6) is 5.75 Å². The van der Waals surface area contributed by atoms with Crippen LogP contribution in [0.25, 0.3) is 0 Å². The van der Waals surface area contributed by atoms with E-state index < -0.39 is 0 Å². The lowest BCUT2D eigenvalue weighted by molar-refractivity contribution is 0.409. The number of nitrogen functional groups attached to an aromatic ring is 1. The van der Waals surface area contributed by atoms with Crippen LogP contribution >= 0.6 is 15.9 Å². The predicted molar refractivity (Wildman–Crippen MR) is 75.7 cm³/mol. The SMILES string of the molecule is COc1ccccc1CCc1c(Br)nc(N)n1C. The van der Waals surface area contributed by atoms with E-state index in [1.807, 2.05) is 29.8 Å². The summed E-state index contributed by atoms with van der Waals surface area (Å²) in [7, 11) is 3.61. The molecule has 1 aromatic carbocycles. The maximum Gasteiger partial charge on any atom is 0.201 e. The number of anilines is 1. The highest BCUT2D eigenvalue weighted by Crippen LogP contribution is 2.23. The molecule has 2 rings (SSSR count). The summed E-state index contributed by atoms with van der Waals surface area (Å²) in [5.41, 5.74) is 8.05. The van der Waals surface area contributed by atoms with E-state index in [2.05, 4.69) is 27.0 Å². The van der Waals surface area contributed by atoms with E-state index in [4.69, 9.17) is 10.5 Å². The molecule has 0 saturated carbocycles. The van der Waals surface area contributed by atoms with Crippen LogP contribution in [0.1, 0.15) is 11.3 Å². The highest BCUT2D eigenvalue weighted by molar-refractivity contribution is 9.10. The maximum atomic E-state index is 5.76. The Balaban J connectivity index is 2.16. The standard InChI is InChI=1S/C13H16BrN3O/c1-17-10(12(14)16-13(17)15)8-7-9-5-3-4-6-11(9)18-2/h3-6H,7-8H2,1-2H3,(H2,15,16). The van der Waals surface area contributed by atoms with Gasteiger partial charge in [0, 0.05) is 7.05 Å². The van der Waals surface area contributed by atoms with Gasteiger partial charge in [0.25, 0.3) is 0 Å². The Bertz CT molecular complexity index is 551. The molecule has 0 radical (unpaired) electrons. The summed E-state index contributed by atoms with van der Waals surface area (Å²) in [6.45, 7) is 0. The number of halogens is 1. The topological polar surface area (TPSA) is 53.1 Å². The van der Waals surface area contributed by atoms with Gasteiger partial charge >= 0.3 is 0 Å². The largest absolute Gasteiger partial charge is 0.496 e. The van der Waals surface area contributed by atoms with Gasteiger partial charge in [0.1, 0.15) is 10.4 Å². The van der Waals surface area contributed by atoms with Gasteiger partial charge in [0.05, 0.1) is 12.8 Å². The predicted octanol–water partition coefficient (Wildman–Crippen LogP) is 2.56. The van der Waals surface area contributed by atoms with Crippen molar-refractivity contribution in [2.75, 3.05) is 12.8 Å². The van der Waals surface area contributed by atoms with Crippen molar-refractivity contribution in [2.45, 2.75) is 12.8 Å². The van der Waals surface area contributed by atoms with E-state index in [1.54, 1.807) is 7.11 Å². The molecular formula is C13H16BrN3O. The Morgan fingerprint density at radius 1 is 1.33 bits per heavy atom. The molecule has 1 heterocycles. The van der Waals surface area contributed by atoms with Gasteiger partial charge in [-0.15, -0.1) is 0 Å². The van der Waals surface area contributed by atoms with Crippen molar-refractivity contribution in [1.82, 2.24) is 9.55 Å². The Hall–Kier alpha value is -1.49. The van der Waals surface area contributed by atoms with Crippen molar-refractivity contribution in [1.29, 1.82) is 0 Å². The maximum absolute atomic E-state index is 5.76. The first-order valence-electron chi connectivity index (χ1n) is 5.72. The number of benzene rings is 1. The molecule has 0 aliphatic carbocycles. The van der Waals surface area contributed by atoms with Gasteiger partial charge in [-0.05, 0) is 40.4 Å². The van der Waals surface area contributed by atoms with E-state index in [9.17, 15) is 0 Å². The number of nitrogens with zero attached hydrogens (tertiary/aromatic N) is 2. The normalized spacial score (nSPS) is 10.6. The van der Waals surface area contributed by atoms with E-state index in [1.165, 1.54) is 5.56 Å². The number of hydrogen-bond donors (Lipinski definition) is 1. The summed E-state index contributed by atoms with van der Waals surface area (Å²) in [5.74, 6) is 1.45. The van der Waals surface area contributed by atoms with E-state index in [0.717, 1.165) is 28.9 Å². The third-order valence-corrected chi connectivity index (χ3v) is 3.66. The number of aryl methyl sites for hydroxylation is 1. The molecule has 0 aliphatic rings. The fourth-order valence-corrected chi connectivity index (χ4v) is 2.60. The summed E-state index contributed by atoms with van der Waals surface area (Å²) in [6.07, 6.45) is 1.75. The molecule has 18 heavy (non-hydrogen) atoms. The third-order valence-electron chi connectivity index (χ3n) is 3.02. The average molecular weight is 310 g/mol. The molecule has 0 saturated heterocycles. The van der Waals surface area contributed by atoms with Crippen LogP contribution in [0.15, 0.2) is 28.9 Å². The number of rotatable bonds is 4. The number of ether oxygens (including phenoxy) is 1. The zero-order valence-corrected chi connectivity index (χ0v) is 12.1. The van der Waals surface area contributed by atoms with Crippen molar-refractivity contribution in [3.8, 4) is 5.75 Å². The Morgan fingerprint density at radius 2 is 2.06 bits per heavy atom. The van der Waals surface area contributed by atoms with E-state index >= 15 is 0 Å². The van der Waals surface area contributed by atoms with Crippen molar-refractivity contribution in [3.63, 3.8) is 0 Å². The highest BCUT2D eigenvalue weighted by atomic mass is 79.9. The van der Waals surface area contributed by atoms with Gasteiger partial charge in [0.2, 0.25) is 5.95 Å². The zero-order chi connectivity index (χ0) is 13.1. The third kappa shape index (κ3) is 2.51. The van der Waals surface area contributed by atoms with Crippen molar-refractivity contribution in [3.05, 3.63) is 40.1 Å². The summed E-state index contributed by atoms with van der Waals surface area (Å²) < 4.78 is 8.06. The molecule has 96 valence electrons. The second-order valence-corrected chi connectivity index (χ2v) is 4.83. The molecule has 0 aliphatic heterocycles. The molecule has 4 nitrogen and oxygen atoms in total. The van der Waals surface area contributed by atoms with Gasteiger partial charge in [-0.25, -0.2) is 4.98 Å². The van der Waals surface area contributed by atoms with E-state index in [0.29, 0.717) is 5.95 Å². The van der Waals surface area contributed by atoms with Crippen molar-refractivity contribution >= 4 is 21.9 Å². The first-order chi connectivity index (χ1) is 8.63. The average Bonchev–Trinajstić information content (AvgIpc) is 2.62. The Labute approximate surface area is 115 Å². The smallest absolute Gasteiger partial charge is 0.201 e. The number of imidazole rings is 1. The minimum Gasteiger partial charge on any atom is -0.496 e. The molecule has 0 bridgehead atoms. The van der Waals surface area contributed by atoms with Crippen LogP contribution < -0.4 is 10.5 Å². The van der Waals surface area contributed by atoms with Crippen LogP contribution in [-0.2, 0) is 19.9 Å². The molecule has 0 atom stereocenters. The van der Waals surface area contributed by atoms with Crippen LogP contribution in [-0.4, -0.2) is 16.7 Å². The molecule has 0 amide bonds. The molecule has 5 heteroatoms. The van der Waals surface area contributed by atoms with Gasteiger partial charge in [-0.2, -0.15) is 0 Å². The number of aromatic nitrogens is 2. The Morgan fingerprint density at radius 3 is 2.67 bits per heavy atom. The summed E-state index contributed by atoms with van der Waals surface area (Å²) in [4.78, 5) is 4.19. The first kappa shape index (κ1) is 13.0. The second kappa shape index (κ2) is 5.44. The quantitative estimate of drug-likeness (QED) is 0.944. The van der Waals surface area contributed by atoms with Crippen LogP contribution in [0, 0.1) is 0 Å². The molecule has 2 N–H and O–H groups in total. The zero-order valence-electron chi connectivity index (χ0n) is 10.5. The lowest BCUT2D eigenvalue weighted by atomic mass is 10.1. The summed E-state index contributed by atoms with van der Waals surface area (Å²) in [6, 6.07) is 8.04. The van der Waals surface area contributed by atoms with Crippen LogP contribution in [0.4, 0.5) is 5.95 Å². The number of hydrogen-bond acceptors (Lipinski definition) is 3. The van der Waals surface area contributed by atoms with Gasteiger partial charge in [-0.1, -0.05) is 18.2 Å². The number of nitrogens with two attached hydrogens (primary N) is 1. The molecule has 0 fully saturated rings. The van der Waals surface area contributed by atoms with Crippen LogP contribution in [0.2, 0.25) is 0 Å². The lowest BCUT2D eigenvalue weighted by Gasteiger charge is -2.08. The molecule has 0 spiro atoms.